The van der Waals surface area contributed by atoms with Gasteiger partial charge in [-0.3, -0.25) is 10.1 Å². The number of nitrogens with one attached hydrogen (secondary N) is 1. The zero-order chi connectivity index (χ0) is 18.2. The maximum atomic E-state index is 12.4. The number of amides is 1. The monoisotopic (exact) mass is 380 g/mol. The van der Waals surface area contributed by atoms with Crippen LogP contribution in [0.1, 0.15) is 21.8 Å². The summed E-state index contributed by atoms with van der Waals surface area (Å²) in [5.41, 5.74) is 4.05. The van der Waals surface area contributed by atoms with Gasteiger partial charge < -0.3 is 13.9 Å². The molecule has 0 aliphatic carbocycles. The predicted octanol–water partition coefficient (Wildman–Crippen LogP) is 3.25. The Morgan fingerprint density at radius 3 is 3.00 bits per heavy atom. The molecule has 4 aromatic rings. The number of ether oxygens (including phenoxy) is 2. The van der Waals surface area contributed by atoms with Crippen molar-refractivity contribution in [3.05, 3.63) is 58.9 Å². The number of carbonyl (C=O) groups excluding carboxylic acids is 1. The fourth-order valence-electron chi connectivity index (χ4n) is 2.77. The molecule has 134 valence electrons. The maximum absolute atomic E-state index is 12.4. The van der Waals surface area contributed by atoms with Crippen LogP contribution in [0.2, 0.25) is 0 Å². The molecule has 0 saturated heterocycles. The second-order valence-corrected chi connectivity index (χ2v) is 6.74. The fraction of sp³-hybridized carbons (Fsp3) is 0.111. The third-order valence-corrected chi connectivity index (χ3v) is 4.86. The van der Waals surface area contributed by atoms with E-state index in [9.17, 15) is 4.79 Å². The number of benzene rings is 2. The van der Waals surface area contributed by atoms with Crippen molar-refractivity contribution < 1.29 is 18.7 Å². The van der Waals surface area contributed by atoms with Gasteiger partial charge in [0.1, 0.15) is 0 Å². The first-order valence-corrected chi connectivity index (χ1v) is 8.98. The van der Waals surface area contributed by atoms with Gasteiger partial charge in [0, 0.05) is 5.56 Å². The Morgan fingerprint density at radius 1 is 1.11 bits per heavy atom. The summed E-state index contributed by atoms with van der Waals surface area (Å²) >= 11 is 1.48. The topological polar surface area (TPSA) is 99.4 Å². The van der Waals surface area contributed by atoms with E-state index in [1.54, 1.807) is 23.7 Å². The van der Waals surface area contributed by atoms with E-state index in [-0.39, 0.29) is 18.7 Å². The van der Waals surface area contributed by atoms with Crippen molar-refractivity contribution in [1.29, 1.82) is 0 Å². The lowest BCUT2D eigenvalue weighted by Gasteiger charge is -2.01. The minimum absolute atomic E-state index is 0.0557. The van der Waals surface area contributed by atoms with Gasteiger partial charge in [-0.2, -0.15) is 0 Å². The predicted molar refractivity (Wildman–Crippen MR) is 97.2 cm³/mol. The van der Waals surface area contributed by atoms with Gasteiger partial charge in [-0.05, 0) is 35.9 Å². The van der Waals surface area contributed by atoms with E-state index in [0.29, 0.717) is 23.6 Å². The molecular formula is C18H12N4O4S. The summed E-state index contributed by atoms with van der Waals surface area (Å²) in [4.78, 5) is 16.6. The lowest BCUT2D eigenvalue weighted by atomic mass is 10.1. The lowest BCUT2D eigenvalue weighted by molar-refractivity contribution is 0.102. The Labute approximate surface area is 156 Å². The number of rotatable bonds is 4. The smallest absolute Gasteiger partial charge is 0.322 e. The van der Waals surface area contributed by atoms with Crippen LogP contribution in [0, 0.1) is 0 Å². The molecule has 5 rings (SSSR count). The maximum Gasteiger partial charge on any atom is 0.322 e. The van der Waals surface area contributed by atoms with Crippen LogP contribution in [-0.2, 0) is 6.42 Å². The van der Waals surface area contributed by atoms with Gasteiger partial charge >= 0.3 is 6.01 Å². The van der Waals surface area contributed by atoms with Crippen LogP contribution in [0.5, 0.6) is 11.5 Å². The van der Waals surface area contributed by atoms with E-state index >= 15 is 0 Å². The first-order chi connectivity index (χ1) is 13.2. The molecule has 0 atom stereocenters. The molecule has 1 N–H and O–H groups in total. The van der Waals surface area contributed by atoms with E-state index in [1.807, 2.05) is 18.2 Å². The van der Waals surface area contributed by atoms with Gasteiger partial charge in [0.2, 0.25) is 12.7 Å². The highest BCUT2D eigenvalue weighted by Gasteiger charge is 2.16. The fourth-order valence-corrected chi connectivity index (χ4v) is 3.48. The average molecular weight is 380 g/mol. The Hall–Kier alpha value is -3.46. The zero-order valence-electron chi connectivity index (χ0n) is 13.8. The van der Waals surface area contributed by atoms with Crippen molar-refractivity contribution in [2.24, 2.45) is 0 Å². The third-order valence-electron chi connectivity index (χ3n) is 4.07. The summed E-state index contributed by atoms with van der Waals surface area (Å²) in [5, 5.41) is 10.5. The molecule has 0 spiro atoms. The van der Waals surface area contributed by atoms with Crippen LogP contribution in [0.15, 0.2) is 46.3 Å². The highest BCUT2D eigenvalue weighted by atomic mass is 32.1. The van der Waals surface area contributed by atoms with Crippen LogP contribution >= 0.6 is 11.3 Å². The van der Waals surface area contributed by atoms with Crippen LogP contribution in [0.25, 0.3) is 10.2 Å². The van der Waals surface area contributed by atoms with Crippen molar-refractivity contribution in [2.45, 2.75) is 6.42 Å². The minimum atomic E-state index is -0.316. The molecule has 0 unspecified atom stereocenters. The van der Waals surface area contributed by atoms with Crippen LogP contribution in [0.4, 0.5) is 6.01 Å². The van der Waals surface area contributed by atoms with Gasteiger partial charge in [0.25, 0.3) is 5.91 Å². The molecule has 1 aliphatic rings. The van der Waals surface area contributed by atoms with Crippen molar-refractivity contribution in [2.75, 3.05) is 12.1 Å². The number of fused-ring (bicyclic) bond motifs is 2. The highest BCUT2D eigenvalue weighted by molar-refractivity contribution is 7.16. The van der Waals surface area contributed by atoms with E-state index in [1.165, 1.54) is 11.3 Å². The quantitative estimate of drug-likeness (QED) is 0.580. The van der Waals surface area contributed by atoms with Crippen molar-refractivity contribution >= 4 is 33.5 Å². The van der Waals surface area contributed by atoms with Crippen LogP contribution in [-0.4, -0.2) is 27.9 Å². The van der Waals surface area contributed by atoms with E-state index in [4.69, 9.17) is 13.9 Å². The first kappa shape index (κ1) is 15.8. The number of hydrogen-bond acceptors (Lipinski definition) is 8. The van der Waals surface area contributed by atoms with Gasteiger partial charge in [0.15, 0.2) is 11.5 Å². The Kier molecular flexibility index (Phi) is 3.72. The van der Waals surface area contributed by atoms with Crippen molar-refractivity contribution in [3.8, 4) is 11.5 Å². The van der Waals surface area contributed by atoms with E-state index in [0.717, 1.165) is 21.5 Å². The zero-order valence-corrected chi connectivity index (χ0v) is 14.7. The van der Waals surface area contributed by atoms with Crippen LogP contribution < -0.4 is 14.8 Å². The number of thiazole rings is 1. The molecule has 0 radical (unpaired) electrons. The molecule has 0 saturated carbocycles. The van der Waals surface area contributed by atoms with Crippen molar-refractivity contribution in [1.82, 2.24) is 15.2 Å². The summed E-state index contributed by atoms with van der Waals surface area (Å²) in [6.45, 7) is 0.225. The molecule has 1 amide bonds. The molecule has 3 heterocycles. The Balaban J connectivity index is 1.29. The van der Waals surface area contributed by atoms with Crippen LogP contribution in [0.3, 0.4) is 0 Å². The molecule has 9 heteroatoms. The number of nitrogens with zero attached hydrogens (tertiary/aromatic N) is 3. The molecular weight excluding hydrogens is 368 g/mol. The molecule has 0 bridgehead atoms. The number of hydrogen-bond donors (Lipinski definition) is 1. The molecule has 2 aromatic carbocycles. The highest BCUT2D eigenvalue weighted by Crippen LogP contribution is 2.33. The average Bonchev–Trinajstić information content (AvgIpc) is 3.41. The molecule has 2 aromatic heterocycles. The summed E-state index contributed by atoms with van der Waals surface area (Å²) in [5.74, 6) is 1.49. The molecule has 1 aliphatic heterocycles. The molecule has 8 nitrogen and oxygen atoms in total. The second kappa shape index (κ2) is 6.36. The first-order valence-electron chi connectivity index (χ1n) is 8.10. The summed E-state index contributed by atoms with van der Waals surface area (Å²) in [6, 6.07) is 11.0. The normalized spacial score (nSPS) is 12.4. The Morgan fingerprint density at radius 2 is 2.04 bits per heavy atom. The van der Waals surface area contributed by atoms with E-state index in [2.05, 4.69) is 20.5 Å². The SMILES string of the molecule is O=C(Nc1nnc(Cc2ccc3c(c2)OCO3)o1)c1ccc2ncsc2c1. The molecule has 27 heavy (non-hydrogen) atoms. The van der Waals surface area contributed by atoms with Crippen molar-refractivity contribution in [3.63, 3.8) is 0 Å². The second-order valence-electron chi connectivity index (χ2n) is 5.85. The summed E-state index contributed by atoms with van der Waals surface area (Å²) in [7, 11) is 0. The summed E-state index contributed by atoms with van der Waals surface area (Å²) < 4.78 is 17.1. The number of carbonyl (C=O) groups is 1. The largest absolute Gasteiger partial charge is 0.454 e. The summed E-state index contributed by atoms with van der Waals surface area (Å²) in [6.07, 6.45) is 0.423. The van der Waals surface area contributed by atoms with Gasteiger partial charge in [-0.25, -0.2) is 4.98 Å². The van der Waals surface area contributed by atoms with Gasteiger partial charge in [-0.15, -0.1) is 16.4 Å². The van der Waals surface area contributed by atoms with E-state index < -0.39 is 0 Å². The standard InChI is InChI=1S/C18H12N4O4S/c23-17(11-2-3-12-15(7-11)27-8-19-12)20-18-22-21-16(26-18)6-10-1-4-13-14(5-10)25-9-24-13/h1-5,7-8H,6,9H2,(H,20,22,23). The lowest BCUT2D eigenvalue weighted by Crippen LogP contribution is -2.11. The van der Waals surface area contributed by atoms with Gasteiger partial charge in [0.05, 0.1) is 22.1 Å². The van der Waals surface area contributed by atoms with Gasteiger partial charge in [-0.1, -0.05) is 11.2 Å². The number of aromatic nitrogens is 3. The third kappa shape index (κ3) is 3.08. The minimum Gasteiger partial charge on any atom is -0.454 e. The Bertz CT molecular complexity index is 1150. The molecule has 0 fully saturated rings. The number of anilines is 1.